The fourth-order valence-electron chi connectivity index (χ4n) is 3.89. The number of nitrogens with zero attached hydrogens (tertiary/aromatic N) is 2. The predicted octanol–water partition coefficient (Wildman–Crippen LogP) is 4.85. The average molecular weight is 474 g/mol. The molecule has 172 valence electrons. The van der Waals surface area contributed by atoms with Crippen molar-refractivity contribution in [3.8, 4) is 17.2 Å². The van der Waals surface area contributed by atoms with Crippen molar-refractivity contribution in [3.63, 3.8) is 0 Å². The number of anilines is 1. The van der Waals surface area contributed by atoms with Crippen LogP contribution in [0.25, 0.3) is 16.6 Å². The SMILES string of the molecule is Cc1ccc(-n2c(S[C@H](C)C(=O)Nc3ccc4c(c3)OCO4)nc3ccccc3c2=O)c(C)c1. The first-order valence-electron chi connectivity index (χ1n) is 10.9. The second-order valence-electron chi connectivity index (χ2n) is 8.16. The van der Waals surface area contributed by atoms with E-state index in [1.807, 2.05) is 50.2 Å². The molecule has 5 rings (SSSR count). The number of para-hydroxylation sites is 1. The van der Waals surface area contributed by atoms with Crippen LogP contribution in [0.1, 0.15) is 18.1 Å². The Morgan fingerprint density at radius 1 is 1.06 bits per heavy atom. The molecule has 0 spiro atoms. The van der Waals surface area contributed by atoms with E-state index in [-0.39, 0.29) is 18.3 Å². The molecule has 3 aromatic carbocycles. The smallest absolute Gasteiger partial charge is 0.266 e. The molecule has 0 saturated heterocycles. The molecule has 0 saturated carbocycles. The Morgan fingerprint density at radius 2 is 1.85 bits per heavy atom. The molecule has 0 aliphatic carbocycles. The van der Waals surface area contributed by atoms with Crippen molar-refractivity contribution >= 4 is 34.3 Å². The summed E-state index contributed by atoms with van der Waals surface area (Å²) in [6.45, 7) is 5.94. The van der Waals surface area contributed by atoms with E-state index in [4.69, 9.17) is 14.5 Å². The van der Waals surface area contributed by atoms with Gasteiger partial charge in [0.05, 0.1) is 21.8 Å². The number of hydrogen-bond acceptors (Lipinski definition) is 6. The van der Waals surface area contributed by atoms with Crippen molar-refractivity contribution in [2.24, 2.45) is 0 Å². The highest BCUT2D eigenvalue weighted by atomic mass is 32.2. The van der Waals surface area contributed by atoms with E-state index in [0.29, 0.717) is 33.2 Å². The summed E-state index contributed by atoms with van der Waals surface area (Å²) in [7, 11) is 0. The summed E-state index contributed by atoms with van der Waals surface area (Å²) in [5.74, 6) is 1.04. The van der Waals surface area contributed by atoms with Crippen LogP contribution in [0.3, 0.4) is 0 Å². The Hall–Kier alpha value is -3.78. The zero-order valence-electron chi connectivity index (χ0n) is 19.0. The number of aryl methyl sites for hydroxylation is 2. The lowest BCUT2D eigenvalue weighted by molar-refractivity contribution is -0.115. The van der Waals surface area contributed by atoms with Crippen LogP contribution in [0.2, 0.25) is 0 Å². The van der Waals surface area contributed by atoms with Crippen LogP contribution in [-0.2, 0) is 4.79 Å². The number of hydrogen-bond donors (Lipinski definition) is 1. The number of nitrogens with one attached hydrogen (secondary N) is 1. The van der Waals surface area contributed by atoms with Crippen LogP contribution in [0.4, 0.5) is 5.69 Å². The van der Waals surface area contributed by atoms with E-state index in [9.17, 15) is 9.59 Å². The lowest BCUT2D eigenvalue weighted by atomic mass is 10.1. The lowest BCUT2D eigenvalue weighted by Crippen LogP contribution is -2.26. The molecule has 2 heterocycles. The zero-order valence-corrected chi connectivity index (χ0v) is 19.8. The molecule has 1 amide bonds. The van der Waals surface area contributed by atoms with Crippen molar-refractivity contribution in [1.82, 2.24) is 9.55 Å². The number of fused-ring (bicyclic) bond motifs is 2. The van der Waals surface area contributed by atoms with Gasteiger partial charge in [-0.1, -0.05) is 41.6 Å². The molecule has 1 aliphatic heterocycles. The minimum Gasteiger partial charge on any atom is -0.454 e. The van der Waals surface area contributed by atoms with Gasteiger partial charge >= 0.3 is 0 Å². The maximum atomic E-state index is 13.5. The average Bonchev–Trinajstić information content (AvgIpc) is 3.28. The molecule has 1 aliphatic rings. The minimum atomic E-state index is -0.518. The minimum absolute atomic E-state index is 0.163. The van der Waals surface area contributed by atoms with Crippen molar-refractivity contribution in [3.05, 3.63) is 82.1 Å². The van der Waals surface area contributed by atoms with E-state index >= 15 is 0 Å². The highest BCUT2D eigenvalue weighted by Gasteiger charge is 2.22. The number of carbonyl (C=O) groups is 1. The molecule has 1 atom stereocenters. The number of rotatable bonds is 5. The number of carbonyl (C=O) groups excluding carboxylic acids is 1. The highest BCUT2D eigenvalue weighted by molar-refractivity contribution is 8.00. The van der Waals surface area contributed by atoms with Gasteiger partial charge in [0, 0.05) is 11.8 Å². The van der Waals surface area contributed by atoms with Crippen LogP contribution in [0, 0.1) is 13.8 Å². The second kappa shape index (κ2) is 8.87. The van der Waals surface area contributed by atoms with Gasteiger partial charge in [0.1, 0.15) is 0 Å². The van der Waals surface area contributed by atoms with Crippen LogP contribution >= 0.6 is 11.8 Å². The largest absolute Gasteiger partial charge is 0.454 e. The van der Waals surface area contributed by atoms with Gasteiger partial charge in [-0.05, 0) is 56.7 Å². The predicted molar refractivity (Wildman–Crippen MR) is 133 cm³/mol. The molecule has 1 N–H and O–H groups in total. The van der Waals surface area contributed by atoms with Crippen molar-refractivity contribution in [2.45, 2.75) is 31.2 Å². The zero-order chi connectivity index (χ0) is 23.8. The summed E-state index contributed by atoms with van der Waals surface area (Å²) in [5.41, 5.74) is 3.86. The quantitative estimate of drug-likeness (QED) is 0.330. The molecule has 7 nitrogen and oxygen atoms in total. The molecule has 0 bridgehead atoms. The molecule has 0 unspecified atom stereocenters. The van der Waals surface area contributed by atoms with Crippen LogP contribution < -0.4 is 20.3 Å². The van der Waals surface area contributed by atoms with Gasteiger partial charge in [-0.3, -0.25) is 14.2 Å². The third-order valence-electron chi connectivity index (χ3n) is 5.63. The van der Waals surface area contributed by atoms with E-state index in [1.165, 1.54) is 11.8 Å². The van der Waals surface area contributed by atoms with E-state index in [1.54, 1.807) is 35.8 Å². The van der Waals surface area contributed by atoms with E-state index in [2.05, 4.69) is 5.32 Å². The Labute approximate surface area is 200 Å². The van der Waals surface area contributed by atoms with Gasteiger partial charge in [0.25, 0.3) is 5.56 Å². The Bertz CT molecular complexity index is 1480. The number of amides is 1. The lowest BCUT2D eigenvalue weighted by Gasteiger charge is -2.18. The molecule has 34 heavy (non-hydrogen) atoms. The van der Waals surface area contributed by atoms with Gasteiger partial charge in [-0.2, -0.15) is 0 Å². The Balaban J connectivity index is 1.50. The molecular weight excluding hydrogens is 450 g/mol. The summed E-state index contributed by atoms with van der Waals surface area (Å²) in [4.78, 5) is 31.3. The summed E-state index contributed by atoms with van der Waals surface area (Å²) < 4.78 is 12.3. The summed E-state index contributed by atoms with van der Waals surface area (Å²) in [5, 5.41) is 3.39. The standard InChI is InChI=1S/C26H23N3O4S/c1-15-8-10-21(16(2)12-15)29-25(31)19-6-4-5-7-20(19)28-26(29)34-17(3)24(30)27-18-9-11-22-23(13-18)33-14-32-22/h4-13,17H,14H2,1-3H3,(H,27,30)/t17-/m1/s1. The Morgan fingerprint density at radius 3 is 2.68 bits per heavy atom. The molecule has 4 aromatic rings. The molecule has 0 radical (unpaired) electrons. The van der Waals surface area contributed by atoms with Crippen LogP contribution in [0.5, 0.6) is 11.5 Å². The monoisotopic (exact) mass is 473 g/mol. The number of ether oxygens (including phenoxy) is 2. The van der Waals surface area contributed by atoms with Gasteiger partial charge in [0.2, 0.25) is 12.7 Å². The fourth-order valence-corrected chi connectivity index (χ4v) is 4.81. The van der Waals surface area contributed by atoms with Gasteiger partial charge in [-0.25, -0.2) is 4.98 Å². The maximum absolute atomic E-state index is 13.5. The van der Waals surface area contributed by atoms with Crippen molar-refractivity contribution in [2.75, 3.05) is 12.1 Å². The summed E-state index contributed by atoms with van der Waals surface area (Å²) in [6, 6.07) is 18.4. The third kappa shape index (κ3) is 4.12. The van der Waals surface area contributed by atoms with E-state index in [0.717, 1.165) is 16.8 Å². The first-order valence-corrected chi connectivity index (χ1v) is 11.8. The van der Waals surface area contributed by atoms with E-state index < -0.39 is 5.25 Å². The topological polar surface area (TPSA) is 82.5 Å². The molecular formula is C26H23N3O4S. The molecule has 1 aromatic heterocycles. The number of benzene rings is 3. The van der Waals surface area contributed by atoms with Crippen molar-refractivity contribution in [1.29, 1.82) is 0 Å². The van der Waals surface area contributed by atoms with Gasteiger partial charge in [-0.15, -0.1) is 0 Å². The fraction of sp³-hybridized carbons (Fsp3) is 0.192. The molecule has 0 fully saturated rings. The van der Waals surface area contributed by atoms with Gasteiger partial charge in [0.15, 0.2) is 16.7 Å². The third-order valence-corrected chi connectivity index (χ3v) is 6.68. The first-order chi connectivity index (χ1) is 16.4. The normalized spacial score (nSPS) is 13.1. The maximum Gasteiger partial charge on any atom is 0.266 e. The summed E-state index contributed by atoms with van der Waals surface area (Å²) >= 11 is 1.24. The Kier molecular flexibility index (Phi) is 5.75. The van der Waals surface area contributed by atoms with Crippen LogP contribution in [-0.4, -0.2) is 27.5 Å². The number of thioether (sulfide) groups is 1. The van der Waals surface area contributed by atoms with Gasteiger partial charge < -0.3 is 14.8 Å². The first kappa shape index (κ1) is 22.0. The number of aromatic nitrogens is 2. The van der Waals surface area contributed by atoms with Crippen molar-refractivity contribution < 1.29 is 14.3 Å². The highest BCUT2D eigenvalue weighted by Crippen LogP contribution is 2.34. The summed E-state index contributed by atoms with van der Waals surface area (Å²) in [6.07, 6.45) is 0. The second-order valence-corrected chi connectivity index (χ2v) is 9.47. The molecule has 8 heteroatoms. The van der Waals surface area contributed by atoms with Crippen LogP contribution in [0.15, 0.2) is 70.6 Å².